The van der Waals surface area contributed by atoms with Crippen LogP contribution in [0.3, 0.4) is 0 Å². The summed E-state index contributed by atoms with van der Waals surface area (Å²) in [5.74, 6) is -7.15. The molecule has 0 aliphatic carbocycles. The van der Waals surface area contributed by atoms with Gasteiger partial charge < -0.3 is 0 Å². The van der Waals surface area contributed by atoms with Gasteiger partial charge in [-0.3, -0.25) is 18.7 Å². The second kappa shape index (κ2) is 7.13. The van der Waals surface area contributed by atoms with E-state index in [1.807, 2.05) is 0 Å². The normalized spacial score (nSPS) is 15.0. The SMILES string of the molecule is O=C1c2cccc3cccc(c23)C(=O)N1CCS(=O)(=O)OCC(F)(F)C(F)F. The van der Waals surface area contributed by atoms with Gasteiger partial charge in [0.1, 0.15) is 6.61 Å². The van der Waals surface area contributed by atoms with Crippen LogP contribution >= 0.6 is 0 Å². The molecular formula is C17H13F4NO5S. The molecule has 0 bridgehead atoms. The average Bonchev–Trinajstić information content (AvgIpc) is 2.64. The van der Waals surface area contributed by atoms with E-state index in [0.717, 1.165) is 0 Å². The van der Waals surface area contributed by atoms with Crippen molar-refractivity contribution in [2.24, 2.45) is 0 Å². The Morgan fingerprint density at radius 2 is 1.54 bits per heavy atom. The highest BCUT2D eigenvalue weighted by molar-refractivity contribution is 7.86. The van der Waals surface area contributed by atoms with Gasteiger partial charge in [-0.15, -0.1) is 0 Å². The van der Waals surface area contributed by atoms with Gasteiger partial charge in [-0.25, -0.2) is 8.78 Å². The Morgan fingerprint density at radius 1 is 1.00 bits per heavy atom. The molecule has 0 N–H and O–H groups in total. The molecule has 1 aliphatic rings. The molecule has 28 heavy (non-hydrogen) atoms. The number of alkyl halides is 4. The lowest BCUT2D eigenvalue weighted by Crippen LogP contribution is -2.43. The lowest BCUT2D eigenvalue weighted by atomic mass is 9.94. The minimum Gasteiger partial charge on any atom is -0.273 e. The number of benzene rings is 2. The zero-order valence-corrected chi connectivity index (χ0v) is 14.9. The van der Waals surface area contributed by atoms with E-state index < -0.39 is 53.2 Å². The van der Waals surface area contributed by atoms with Crippen LogP contribution in [-0.2, 0) is 14.3 Å². The maximum Gasteiger partial charge on any atom is 0.331 e. The molecule has 0 radical (unpaired) electrons. The van der Waals surface area contributed by atoms with E-state index in [2.05, 4.69) is 4.18 Å². The zero-order chi connectivity index (χ0) is 20.7. The number of hydrogen-bond acceptors (Lipinski definition) is 5. The quantitative estimate of drug-likeness (QED) is 0.392. The van der Waals surface area contributed by atoms with Gasteiger partial charge in [0.15, 0.2) is 0 Å². The maximum atomic E-state index is 12.8. The third kappa shape index (κ3) is 3.72. The molecule has 2 aromatic rings. The van der Waals surface area contributed by atoms with E-state index in [-0.39, 0.29) is 11.1 Å². The van der Waals surface area contributed by atoms with Crippen LogP contribution in [0.25, 0.3) is 10.8 Å². The zero-order valence-electron chi connectivity index (χ0n) is 14.1. The molecule has 0 aromatic heterocycles. The fourth-order valence-corrected chi connectivity index (χ4v) is 3.64. The van der Waals surface area contributed by atoms with Gasteiger partial charge in [0, 0.05) is 23.1 Å². The topological polar surface area (TPSA) is 80.8 Å². The Bertz CT molecular complexity index is 1000. The molecular weight excluding hydrogens is 406 g/mol. The first-order chi connectivity index (χ1) is 13.0. The Labute approximate surface area is 156 Å². The van der Waals surface area contributed by atoms with Crippen molar-refractivity contribution in [1.29, 1.82) is 0 Å². The highest BCUT2D eigenvalue weighted by atomic mass is 32.2. The van der Waals surface area contributed by atoms with Crippen LogP contribution in [-0.4, -0.2) is 56.4 Å². The van der Waals surface area contributed by atoms with Crippen LogP contribution in [0, 0.1) is 0 Å². The summed E-state index contributed by atoms with van der Waals surface area (Å²) in [4.78, 5) is 25.8. The first-order valence-electron chi connectivity index (χ1n) is 7.94. The van der Waals surface area contributed by atoms with Crippen molar-refractivity contribution in [3.05, 3.63) is 47.5 Å². The first-order valence-corrected chi connectivity index (χ1v) is 9.52. The molecule has 0 spiro atoms. The molecule has 2 amide bonds. The number of carbonyl (C=O) groups excluding carboxylic acids is 2. The van der Waals surface area contributed by atoms with E-state index in [0.29, 0.717) is 15.7 Å². The van der Waals surface area contributed by atoms with Gasteiger partial charge >= 0.3 is 12.3 Å². The van der Waals surface area contributed by atoms with E-state index in [1.54, 1.807) is 24.3 Å². The summed E-state index contributed by atoms with van der Waals surface area (Å²) in [6, 6.07) is 9.56. The standard InChI is InChI=1S/C17H13F4NO5S/c18-16(19)17(20,21)9-27-28(25,26)8-7-22-14(23)11-5-1-3-10-4-2-6-12(13(10)11)15(22)24/h1-6,16H,7-9H2. The molecule has 3 rings (SSSR count). The number of nitrogens with zero attached hydrogens (tertiary/aromatic N) is 1. The Balaban J connectivity index is 1.77. The van der Waals surface area contributed by atoms with Crippen molar-refractivity contribution < 1.29 is 39.8 Å². The van der Waals surface area contributed by atoms with Crippen molar-refractivity contribution in [3.8, 4) is 0 Å². The molecule has 150 valence electrons. The van der Waals surface area contributed by atoms with Crippen LogP contribution in [0.4, 0.5) is 17.6 Å². The van der Waals surface area contributed by atoms with E-state index in [9.17, 15) is 35.6 Å². The van der Waals surface area contributed by atoms with Crippen LogP contribution in [0.5, 0.6) is 0 Å². The van der Waals surface area contributed by atoms with E-state index in [1.165, 1.54) is 12.1 Å². The van der Waals surface area contributed by atoms with E-state index >= 15 is 0 Å². The van der Waals surface area contributed by atoms with Gasteiger partial charge in [-0.05, 0) is 17.5 Å². The fraction of sp³-hybridized carbons (Fsp3) is 0.294. The number of amides is 2. The van der Waals surface area contributed by atoms with Crippen LogP contribution in [0.1, 0.15) is 20.7 Å². The second-order valence-corrected chi connectivity index (χ2v) is 7.82. The Kier molecular flexibility index (Phi) is 5.15. The van der Waals surface area contributed by atoms with Gasteiger partial charge in [0.05, 0.1) is 5.75 Å². The van der Waals surface area contributed by atoms with Crippen molar-refractivity contribution in [2.75, 3.05) is 18.9 Å². The summed E-state index contributed by atoms with van der Waals surface area (Å²) in [5.41, 5.74) is 0.380. The second-order valence-electron chi connectivity index (χ2n) is 6.06. The molecule has 0 atom stereocenters. The highest BCUT2D eigenvalue weighted by Crippen LogP contribution is 2.30. The summed E-state index contributed by atoms with van der Waals surface area (Å²) in [6.45, 7) is -2.71. The third-order valence-electron chi connectivity index (χ3n) is 4.17. The first kappa shape index (κ1) is 20.2. The van der Waals surface area contributed by atoms with Gasteiger partial charge in [0.2, 0.25) is 0 Å². The monoisotopic (exact) mass is 419 g/mol. The van der Waals surface area contributed by atoms with Gasteiger partial charge in [-0.2, -0.15) is 17.2 Å². The Hall–Kier alpha value is -2.53. The van der Waals surface area contributed by atoms with E-state index in [4.69, 9.17) is 0 Å². The number of rotatable bonds is 7. The summed E-state index contributed by atoms with van der Waals surface area (Å²) >= 11 is 0. The number of hydrogen-bond donors (Lipinski definition) is 0. The molecule has 0 saturated carbocycles. The molecule has 0 fully saturated rings. The smallest absolute Gasteiger partial charge is 0.273 e. The van der Waals surface area contributed by atoms with Crippen LogP contribution in [0.15, 0.2) is 36.4 Å². The predicted octanol–water partition coefficient (Wildman–Crippen LogP) is 2.68. The highest BCUT2D eigenvalue weighted by Gasteiger charge is 2.42. The van der Waals surface area contributed by atoms with Gasteiger partial charge in [0.25, 0.3) is 21.9 Å². The van der Waals surface area contributed by atoms with Crippen LogP contribution < -0.4 is 0 Å². The van der Waals surface area contributed by atoms with Gasteiger partial charge in [-0.1, -0.05) is 24.3 Å². The minimum absolute atomic E-state index is 0.190. The lowest BCUT2D eigenvalue weighted by Gasteiger charge is -2.27. The summed E-state index contributed by atoms with van der Waals surface area (Å²) in [6.07, 6.45) is -4.09. The largest absolute Gasteiger partial charge is 0.331 e. The predicted molar refractivity (Wildman–Crippen MR) is 90.0 cm³/mol. The lowest BCUT2D eigenvalue weighted by molar-refractivity contribution is -0.147. The van der Waals surface area contributed by atoms with Crippen molar-refractivity contribution >= 4 is 32.7 Å². The molecule has 1 heterocycles. The maximum absolute atomic E-state index is 12.8. The van der Waals surface area contributed by atoms with Crippen molar-refractivity contribution in [2.45, 2.75) is 12.3 Å². The molecule has 1 aliphatic heterocycles. The summed E-state index contributed by atoms with van der Waals surface area (Å²) < 4.78 is 77.3. The molecule has 11 heteroatoms. The number of carbonyl (C=O) groups is 2. The minimum atomic E-state index is -4.68. The average molecular weight is 419 g/mol. The molecule has 0 saturated heterocycles. The fourth-order valence-electron chi connectivity index (χ4n) is 2.78. The molecule has 0 unspecified atom stereocenters. The molecule has 2 aromatic carbocycles. The Morgan fingerprint density at radius 3 is 2.04 bits per heavy atom. The molecule has 6 nitrogen and oxygen atoms in total. The summed E-state index contributed by atoms with van der Waals surface area (Å²) in [7, 11) is -4.68. The number of halogens is 4. The van der Waals surface area contributed by atoms with Crippen LogP contribution in [0.2, 0.25) is 0 Å². The number of imide groups is 1. The third-order valence-corrected chi connectivity index (χ3v) is 5.33. The summed E-state index contributed by atoms with van der Waals surface area (Å²) in [5, 5.41) is 1.09. The van der Waals surface area contributed by atoms with Crippen molar-refractivity contribution in [3.63, 3.8) is 0 Å². The van der Waals surface area contributed by atoms with Crippen molar-refractivity contribution in [1.82, 2.24) is 4.90 Å².